The summed E-state index contributed by atoms with van der Waals surface area (Å²) in [6, 6.07) is 11.7. The van der Waals surface area contributed by atoms with E-state index in [0.29, 0.717) is 27.1 Å². The van der Waals surface area contributed by atoms with E-state index in [4.69, 9.17) is 16.6 Å². The van der Waals surface area contributed by atoms with E-state index in [1.807, 2.05) is 31.2 Å². The number of hydrogen-bond acceptors (Lipinski definition) is 6. The molecule has 2 aromatic heterocycles. The van der Waals surface area contributed by atoms with Crippen molar-refractivity contribution in [1.82, 2.24) is 9.47 Å². The summed E-state index contributed by atoms with van der Waals surface area (Å²) >= 11 is 6.76. The Morgan fingerprint density at radius 2 is 1.82 bits per heavy atom. The Labute approximate surface area is 208 Å². The molecule has 4 heterocycles. The van der Waals surface area contributed by atoms with Gasteiger partial charge in [0.25, 0.3) is 11.5 Å². The number of benzene rings is 1. The number of aromatic nitrogens is 1. The minimum absolute atomic E-state index is 0.0725. The van der Waals surface area contributed by atoms with Gasteiger partial charge >= 0.3 is 0 Å². The van der Waals surface area contributed by atoms with Crippen LogP contribution in [0.5, 0.6) is 0 Å². The van der Waals surface area contributed by atoms with Crippen LogP contribution in [-0.2, 0) is 17.9 Å². The Morgan fingerprint density at radius 1 is 1.06 bits per heavy atom. The van der Waals surface area contributed by atoms with Crippen molar-refractivity contribution in [1.29, 1.82) is 0 Å². The molecule has 2 saturated heterocycles. The molecular formula is C26H27N3O3S2. The maximum atomic E-state index is 13.8. The van der Waals surface area contributed by atoms with Crippen LogP contribution >= 0.6 is 24.0 Å². The fourth-order valence-corrected chi connectivity index (χ4v) is 6.05. The second-order valence-corrected chi connectivity index (χ2v) is 10.3. The maximum Gasteiger partial charge on any atom is 0.266 e. The summed E-state index contributed by atoms with van der Waals surface area (Å²) < 4.78 is 7.68. The lowest BCUT2D eigenvalue weighted by atomic mass is 10.1. The molecule has 0 bridgehead atoms. The lowest BCUT2D eigenvalue weighted by Crippen LogP contribution is -2.31. The summed E-state index contributed by atoms with van der Waals surface area (Å²) in [4.78, 5) is 31.4. The zero-order valence-corrected chi connectivity index (χ0v) is 20.8. The zero-order valence-electron chi connectivity index (χ0n) is 19.2. The molecule has 2 aliphatic rings. The first kappa shape index (κ1) is 22.9. The number of hydrogen-bond donors (Lipinski definition) is 0. The summed E-state index contributed by atoms with van der Waals surface area (Å²) in [7, 11) is 0. The van der Waals surface area contributed by atoms with Gasteiger partial charge in [-0.1, -0.05) is 55.0 Å². The van der Waals surface area contributed by atoms with Gasteiger partial charge in [-0.15, -0.1) is 0 Å². The molecule has 6 nitrogen and oxygen atoms in total. The summed E-state index contributed by atoms with van der Waals surface area (Å²) in [5.41, 5.74) is 2.36. The summed E-state index contributed by atoms with van der Waals surface area (Å²) in [6.07, 6.45) is 7.93. The number of para-hydroxylation sites is 1. The van der Waals surface area contributed by atoms with Crippen molar-refractivity contribution in [2.75, 3.05) is 18.0 Å². The quantitative estimate of drug-likeness (QED) is 0.351. The molecule has 1 amide bonds. The van der Waals surface area contributed by atoms with Gasteiger partial charge in [0.2, 0.25) is 0 Å². The van der Waals surface area contributed by atoms with Crippen LogP contribution in [0.15, 0.2) is 56.8 Å². The van der Waals surface area contributed by atoms with Gasteiger partial charge in [0, 0.05) is 25.0 Å². The van der Waals surface area contributed by atoms with Crippen molar-refractivity contribution < 1.29 is 9.21 Å². The second kappa shape index (κ2) is 9.80. The van der Waals surface area contributed by atoms with E-state index in [1.165, 1.54) is 29.5 Å². The van der Waals surface area contributed by atoms with Crippen LogP contribution in [0.25, 0.3) is 17.0 Å². The van der Waals surface area contributed by atoms with E-state index >= 15 is 0 Å². The van der Waals surface area contributed by atoms with E-state index in [1.54, 1.807) is 23.0 Å². The lowest BCUT2D eigenvalue weighted by Gasteiger charge is -2.27. The van der Waals surface area contributed by atoms with Gasteiger partial charge < -0.3 is 13.9 Å². The first-order valence-electron chi connectivity index (χ1n) is 11.8. The minimum atomic E-state index is -0.191. The van der Waals surface area contributed by atoms with E-state index < -0.39 is 0 Å². The molecule has 1 aromatic carbocycles. The average molecular weight is 494 g/mol. The van der Waals surface area contributed by atoms with Gasteiger partial charge in [-0.2, -0.15) is 0 Å². The fraction of sp³-hybridized carbons (Fsp3) is 0.346. The maximum absolute atomic E-state index is 13.8. The van der Waals surface area contributed by atoms with Crippen LogP contribution in [-0.4, -0.2) is 32.8 Å². The molecule has 3 aromatic rings. The number of anilines is 1. The van der Waals surface area contributed by atoms with Crippen LogP contribution in [0, 0.1) is 0 Å². The highest BCUT2D eigenvalue weighted by Gasteiger charge is 2.33. The van der Waals surface area contributed by atoms with Crippen molar-refractivity contribution in [3.63, 3.8) is 0 Å². The molecule has 5 rings (SSSR count). The van der Waals surface area contributed by atoms with Crippen molar-refractivity contribution >= 4 is 56.9 Å². The predicted molar refractivity (Wildman–Crippen MR) is 142 cm³/mol. The topological polar surface area (TPSA) is 58.7 Å². The smallest absolute Gasteiger partial charge is 0.266 e. The molecule has 0 saturated carbocycles. The van der Waals surface area contributed by atoms with Crippen LogP contribution in [0.2, 0.25) is 0 Å². The number of carbonyl (C=O) groups is 1. The number of thiocarbonyl (C=S) groups is 1. The van der Waals surface area contributed by atoms with Gasteiger partial charge in [-0.25, -0.2) is 0 Å². The van der Waals surface area contributed by atoms with E-state index in [9.17, 15) is 9.59 Å². The SMILES string of the molecule is CCn1c(=O)c(C=C2SC(=S)N(Cc3ccco3)C2=O)c(N2CCCCCC2)c2ccccc21. The van der Waals surface area contributed by atoms with E-state index in [2.05, 4.69) is 11.0 Å². The highest BCUT2D eigenvalue weighted by Crippen LogP contribution is 2.37. The molecule has 176 valence electrons. The van der Waals surface area contributed by atoms with Gasteiger partial charge in [-0.3, -0.25) is 14.5 Å². The van der Waals surface area contributed by atoms with Gasteiger partial charge in [0.1, 0.15) is 10.1 Å². The molecular weight excluding hydrogens is 466 g/mol. The predicted octanol–water partition coefficient (Wildman–Crippen LogP) is 5.40. The number of rotatable bonds is 5. The number of aryl methyl sites for hydroxylation is 1. The number of thioether (sulfide) groups is 1. The van der Waals surface area contributed by atoms with Crippen LogP contribution in [0.3, 0.4) is 0 Å². The minimum Gasteiger partial charge on any atom is -0.467 e. The average Bonchev–Trinajstić information content (AvgIpc) is 3.34. The van der Waals surface area contributed by atoms with Gasteiger partial charge in [0.05, 0.1) is 34.5 Å². The Bertz CT molecular complexity index is 1320. The standard InChI is InChI=1S/C26H27N3O3S2/c1-2-28-21-12-6-5-11-19(21)23(27-13-7-3-4-8-14-27)20(24(28)30)16-22-25(31)29(26(33)34-22)17-18-10-9-15-32-18/h5-6,9-12,15-16H,2-4,7-8,13-14,17H2,1H3. The number of amides is 1. The largest absolute Gasteiger partial charge is 0.467 e. The third-order valence-electron chi connectivity index (χ3n) is 6.46. The molecule has 0 radical (unpaired) electrons. The van der Waals surface area contributed by atoms with Crippen LogP contribution < -0.4 is 10.5 Å². The number of carbonyl (C=O) groups excluding carboxylic acids is 1. The molecule has 0 atom stereocenters. The summed E-state index contributed by atoms with van der Waals surface area (Å²) in [5, 5.41) is 1.04. The number of nitrogens with zero attached hydrogens (tertiary/aromatic N) is 3. The first-order valence-corrected chi connectivity index (χ1v) is 13.0. The fourth-order valence-electron chi connectivity index (χ4n) is 4.82. The van der Waals surface area contributed by atoms with Gasteiger partial charge in [-0.05, 0) is 44.0 Å². The first-order chi connectivity index (χ1) is 16.6. The monoisotopic (exact) mass is 493 g/mol. The molecule has 0 spiro atoms. The highest BCUT2D eigenvalue weighted by atomic mass is 32.2. The summed E-state index contributed by atoms with van der Waals surface area (Å²) in [6.45, 7) is 4.62. The molecule has 0 unspecified atom stereocenters. The molecule has 34 heavy (non-hydrogen) atoms. The van der Waals surface area contributed by atoms with Crippen molar-refractivity contribution in [3.8, 4) is 0 Å². The third kappa shape index (κ3) is 4.20. The molecule has 2 fully saturated rings. The van der Waals surface area contributed by atoms with Crippen LogP contribution in [0.4, 0.5) is 5.69 Å². The Balaban J connectivity index is 1.65. The zero-order chi connectivity index (χ0) is 23.7. The molecule has 0 N–H and O–H groups in total. The second-order valence-electron chi connectivity index (χ2n) is 8.58. The molecule has 0 aliphatic carbocycles. The number of pyridine rings is 1. The summed E-state index contributed by atoms with van der Waals surface area (Å²) in [5.74, 6) is 0.477. The number of furan rings is 1. The third-order valence-corrected chi connectivity index (χ3v) is 7.84. The Kier molecular flexibility index (Phi) is 6.61. The van der Waals surface area contributed by atoms with E-state index in [-0.39, 0.29) is 18.0 Å². The molecule has 2 aliphatic heterocycles. The van der Waals surface area contributed by atoms with Crippen molar-refractivity contribution in [2.45, 2.75) is 45.7 Å². The number of fused-ring (bicyclic) bond motifs is 1. The van der Waals surface area contributed by atoms with Crippen molar-refractivity contribution in [3.05, 3.63) is 69.2 Å². The molecule has 8 heteroatoms. The Hall–Kier alpha value is -2.84. The van der Waals surface area contributed by atoms with Gasteiger partial charge in [0.15, 0.2) is 0 Å². The van der Waals surface area contributed by atoms with Crippen LogP contribution in [0.1, 0.15) is 43.9 Å². The normalized spacial score (nSPS) is 18.3. The van der Waals surface area contributed by atoms with E-state index in [0.717, 1.165) is 42.5 Å². The van der Waals surface area contributed by atoms with Crippen molar-refractivity contribution in [2.24, 2.45) is 0 Å². The highest BCUT2D eigenvalue weighted by molar-refractivity contribution is 8.26. The Morgan fingerprint density at radius 3 is 2.53 bits per heavy atom. The lowest BCUT2D eigenvalue weighted by molar-refractivity contribution is -0.122.